The molecule has 22 heavy (non-hydrogen) atoms. The van der Waals surface area contributed by atoms with E-state index in [2.05, 4.69) is 35.6 Å². The molecule has 0 unspecified atom stereocenters. The van der Waals surface area contributed by atoms with Gasteiger partial charge in [0.2, 0.25) is 0 Å². The third-order valence-corrected chi connectivity index (χ3v) is 5.15. The molecule has 0 aromatic carbocycles. The summed E-state index contributed by atoms with van der Waals surface area (Å²) < 4.78 is 0. The van der Waals surface area contributed by atoms with Crippen LogP contribution < -0.4 is 5.73 Å². The number of likely N-dealkylation sites (tertiary alicyclic amines) is 1. The van der Waals surface area contributed by atoms with Crippen molar-refractivity contribution in [3.63, 3.8) is 0 Å². The van der Waals surface area contributed by atoms with E-state index in [-0.39, 0.29) is 0 Å². The summed E-state index contributed by atoms with van der Waals surface area (Å²) in [5, 5.41) is 0. The summed E-state index contributed by atoms with van der Waals surface area (Å²) in [6.45, 7) is 12.2. The van der Waals surface area contributed by atoms with E-state index in [9.17, 15) is 0 Å². The van der Waals surface area contributed by atoms with Crippen LogP contribution in [0.25, 0.3) is 0 Å². The smallest absolute Gasteiger partial charge is 0.191 e. The molecule has 0 aliphatic carbocycles. The molecule has 2 aliphatic heterocycles. The van der Waals surface area contributed by atoms with Crippen LogP contribution in [0.4, 0.5) is 0 Å². The third-order valence-electron chi connectivity index (χ3n) is 5.15. The maximum absolute atomic E-state index is 6.27. The van der Waals surface area contributed by atoms with Crippen LogP contribution in [0.2, 0.25) is 0 Å². The number of nitrogens with zero attached hydrogens (tertiary/aromatic N) is 4. The van der Waals surface area contributed by atoms with E-state index in [1.807, 2.05) is 0 Å². The number of guanidine groups is 1. The summed E-state index contributed by atoms with van der Waals surface area (Å²) in [6.07, 6.45) is 5.17. The molecule has 0 bridgehead atoms. The van der Waals surface area contributed by atoms with E-state index in [1.54, 1.807) is 0 Å². The van der Waals surface area contributed by atoms with Crippen LogP contribution in [-0.4, -0.2) is 79.6 Å². The molecule has 0 aromatic rings. The number of aliphatic imine (C=N–C) groups is 1. The molecule has 1 atom stereocenters. The summed E-state index contributed by atoms with van der Waals surface area (Å²) in [5.41, 5.74) is 6.27. The maximum Gasteiger partial charge on any atom is 0.191 e. The molecule has 0 radical (unpaired) electrons. The number of nitrogens with two attached hydrogens (primary N) is 1. The lowest BCUT2D eigenvalue weighted by Gasteiger charge is -2.39. The Hall–Kier alpha value is -0.810. The van der Waals surface area contributed by atoms with Crippen molar-refractivity contribution in [1.29, 1.82) is 0 Å². The Morgan fingerprint density at radius 3 is 2.09 bits per heavy atom. The predicted molar refractivity (Wildman–Crippen MR) is 94.2 cm³/mol. The van der Waals surface area contributed by atoms with Crippen LogP contribution in [0.15, 0.2) is 4.99 Å². The van der Waals surface area contributed by atoms with Crippen LogP contribution >= 0.6 is 0 Å². The Labute approximate surface area is 136 Å². The van der Waals surface area contributed by atoms with Gasteiger partial charge in [0.1, 0.15) is 0 Å². The Kier molecular flexibility index (Phi) is 6.96. The predicted octanol–water partition coefficient (Wildman–Crippen LogP) is 1.45. The van der Waals surface area contributed by atoms with Gasteiger partial charge in [-0.1, -0.05) is 26.7 Å². The monoisotopic (exact) mass is 309 g/mol. The zero-order chi connectivity index (χ0) is 15.9. The minimum Gasteiger partial charge on any atom is -0.370 e. The molecule has 5 heteroatoms. The number of likely N-dealkylation sites (N-methyl/N-ethyl adjacent to an activating group) is 1. The summed E-state index contributed by atoms with van der Waals surface area (Å²) in [7, 11) is 2.21. The van der Waals surface area contributed by atoms with Gasteiger partial charge in [0.25, 0.3) is 0 Å². The first-order valence-electron chi connectivity index (χ1n) is 9.05. The molecule has 0 saturated carbocycles. The zero-order valence-electron chi connectivity index (χ0n) is 14.8. The van der Waals surface area contributed by atoms with Crippen molar-refractivity contribution < 1.29 is 0 Å². The van der Waals surface area contributed by atoms with Gasteiger partial charge in [-0.05, 0) is 25.8 Å². The molecule has 5 nitrogen and oxygen atoms in total. The van der Waals surface area contributed by atoms with Crippen molar-refractivity contribution in [2.45, 2.75) is 45.6 Å². The fourth-order valence-corrected chi connectivity index (χ4v) is 3.49. The average Bonchev–Trinajstić information content (AvgIpc) is 2.78. The largest absolute Gasteiger partial charge is 0.370 e. The van der Waals surface area contributed by atoms with Crippen LogP contribution in [0.5, 0.6) is 0 Å². The highest BCUT2D eigenvalue weighted by atomic mass is 15.3. The Morgan fingerprint density at radius 2 is 1.55 bits per heavy atom. The maximum atomic E-state index is 6.27. The summed E-state index contributed by atoms with van der Waals surface area (Å²) in [4.78, 5) is 12.1. The van der Waals surface area contributed by atoms with Gasteiger partial charge >= 0.3 is 0 Å². The number of rotatable bonds is 4. The lowest BCUT2D eigenvalue weighted by atomic mass is 10.0. The SMILES string of the molecule is CC(C)[C@H](CN=C(N)N1CCCCCC1)N1CCN(C)CC1. The minimum atomic E-state index is 0.513. The van der Waals surface area contributed by atoms with E-state index >= 15 is 0 Å². The van der Waals surface area contributed by atoms with E-state index < -0.39 is 0 Å². The molecule has 2 rings (SSSR count). The first-order valence-corrected chi connectivity index (χ1v) is 9.05. The second-order valence-electron chi connectivity index (χ2n) is 7.25. The first-order chi connectivity index (χ1) is 10.6. The lowest BCUT2D eigenvalue weighted by molar-refractivity contribution is 0.0924. The van der Waals surface area contributed by atoms with E-state index in [4.69, 9.17) is 10.7 Å². The number of hydrogen-bond donors (Lipinski definition) is 1. The van der Waals surface area contributed by atoms with E-state index in [1.165, 1.54) is 25.7 Å². The van der Waals surface area contributed by atoms with E-state index in [0.717, 1.165) is 51.8 Å². The molecule has 2 aliphatic rings. The van der Waals surface area contributed by atoms with Gasteiger partial charge in [0, 0.05) is 45.3 Å². The fourth-order valence-electron chi connectivity index (χ4n) is 3.49. The standard InChI is InChI=1S/C17H35N5/c1-15(2)16(21-12-10-20(3)11-13-21)14-19-17(18)22-8-6-4-5-7-9-22/h15-16H,4-14H2,1-3H3,(H2,18,19)/t16-/m0/s1. The Bertz CT molecular complexity index is 339. The molecular formula is C17H35N5. The van der Waals surface area contributed by atoms with Gasteiger partial charge in [-0.15, -0.1) is 0 Å². The fraction of sp³-hybridized carbons (Fsp3) is 0.941. The molecule has 0 spiro atoms. The molecule has 128 valence electrons. The van der Waals surface area contributed by atoms with Crippen molar-refractivity contribution in [2.24, 2.45) is 16.6 Å². The normalized spacial score (nSPS) is 24.5. The van der Waals surface area contributed by atoms with Gasteiger partial charge in [0.05, 0.1) is 6.54 Å². The summed E-state index contributed by atoms with van der Waals surface area (Å²) >= 11 is 0. The highest BCUT2D eigenvalue weighted by Crippen LogP contribution is 2.15. The van der Waals surface area contributed by atoms with Crippen molar-refractivity contribution in [3.8, 4) is 0 Å². The molecule has 0 aromatic heterocycles. The average molecular weight is 310 g/mol. The quantitative estimate of drug-likeness (QED) is 0.631. The summed E-state index contributed by atoms with van der Waals surface area (Å²) in [5.74, 6) is 1.38. The van der Waals surface area contributed by atoms with Gasteiger partial charge in [-0.3, -0.25) is 9.89 Å². The van der Waals surface area contributed by atoms with Gasteiger partial charge < -0.3 is 15.5 Å². The molecule has 2 fully saturated rings. The third kappa shape index (κ3) is 5.13. The number of hydrogen-bond acceptors (Lipinski definition) is 3. The molecule has 2 saturated heterocycles. The first kappa shape index (κ1) is 17.5. The second-order valence-corrected chi connectivity index (χ2v) is 7.25. The Morgan fingerprint density at radius 1 is 0.955 bits per heavy atom. The van der Waals surface area contributed by atoms with Crippen LogP contribution in [0.3, 0.4) is 0 Å². The zero-order valence-corrected chi connectivity index (χ0v) is 14.8. The molecule has 0 amide bonds. The van der Waals surface area contributed by atoms with Crippen molar-refractivity contribution in [2.75, 3.05) is 52.9 Å². The van der Waals surface area contributed by atoms with Crippen LogP contribution in [0, 0.1) is 5.92 Å². The Balaban J connectivity index is 1.90. The lowest BCUT2D eigenvalue weighted by Crippen LogP contribution is -2.52. The van der Waals surface area contributed by atoms with Gasteiger partial charge in [-0.2, -0.15) is 0 Å². The topological polar surface area (TPSA) is 48.1 Å². The molecule has 2 N–H and O–H groups in total. The van der Waals surface area contributed by atoms with E-state index in [0.29, 0.717) is 12.0 Å². The van der Waals surface area contributed by atoms with Crippen LogP contribution in [0.1, 0.15) is 39.5 Å². The highest BCUT2D eigenvalue weighted by Gasteiger charge is 2.25. The minimum absolute atomic E-state index is 0.513. The highest BCUT2D eigenvalue weighted by molar-refractivity contribution is 5.78. The van der Waals surface area contributed by atoms with Crippen LogP contribution in [-0.2, 0) is 0 Å². The molecular weight excluding hydrogens is 274 g/mol. The van der Waals surface area contributed by atoms with Crippen molar-refractivity contribution >= 4 is 5.96 Å². The van der Waals surface area contributed by atoms with Crippen molar-refractivity contribution in [3.05, 3.63) is 0 Å². The second kappa shape index (κ2) is 8.73. The number of piperazine rings is 1. The van der Waals surface area contributed by atoms with Gasteiger partial charge in [-0.25, -0.2) is 0 Å². The van der Waals surface area contributed by atoms with Crippen molar-refractivity contribution in [1.82, 2.24) is 14.7 Å². The van der Waals surface area contributed by atoms with Gasteiger partial charge in [0.15, 0.2) is 5.96 Å². The molecule has 2 heterocycles. The summed E-state index contributed by atoms with van der Waals surface area (Å²) in [6, 6.07) is 0.513.